The number of carboxylic acid groups (broad SMARTS) is 1. The van der Waals surface area contributed by atoms with Crippen LogP contribution in [0.4, 0.5) is 0 Å². The highest BCUT2D eigenvalue weighted by molar-refractivity contribution is 5.84. The first kappa shape index (κ1) is 9.21. The molecule has 1 fully saturated rings. The van der Waals surface area contributed by atoms with E-state index in [0.29, 0.717) is 6.42 Å². The molecule has 74 valence electrons. The van der Waals surface area contributed by atoms with E-state index in [-0.39, 0.29) is 6.04 Å². The largest absolute Gasteiger partial charge is 0.481 e. The molecule has 2 atom stereocenters. The number of hydrogen-bond donors (Lipinski definition) is 2. The molecule has 1 aromatic carbocycles. The van der Waals surface area contributed by atoms with Crippen molar-refractivity contribution < 1.29 is 9.90 Å². The lowest BCUT2D eigenvalue weighted by Gasteiger charge is -2.44. The number of carboxylic acids is 1. The highest BCUT2D eigenvalue weighted by atomic mass is 16.4. The van der Waals surface area contributed by atoms with Crippen LogP contribution < -0.4 is 5.73 Å². The van der Waals surface area contributed by atoms with Crippen molar-refractivity contribution in [2.24, 2.45) is 5.73 Å². The van der Waals surface area contributed by atoms with Crippen LogP contribution in [-0.4, -0.2) is 17.1 Å². The Kier molecular flexibility index (Phi) is 2.04. The summed E-state index contributed by atoms with van der Waals surface area (Å²) in [6, 6.07) is 9.02. The van der Waals surface area contributed by atoms with Crippen molar-refractivity contribution in [2.75, 3.05) is 0 Å². The van der Waals surface area contributed by atoms with E-state index in [1.165, 1.54) is 0 Å². The summed E-state index contributed by atoms with van der Waals surface area (Å²) in [6.45, 7) is 0. The second-order valence-corrected chi connectivity index (χ2v) is 3.79. The van der Waals surface area contributed by atoms with Gasteiger partial charge in [0.1, 0.15) is 5.41 Å². The van der Waals surface area contributed by atoms with Crippen molar-refractivity contribution in [1.29, 1.82) is 0 Å². The SMILES string of the molecule is N[C@H]1CC[C@]1(C(=O)O)c1ccccc1. The molecule has 1 aliphatic rings. The van der Waals surface area contributed by atoms with E-state index in [0.717, 1.165) is 12.0 Å². The molecule has 1 aromatic rings. The van der Waals surface area contributed by atoms with Gasteiger partial charge in [0.25, 0.3) is 0 Å². The fourth-order valence-corrected chi connectivity index (χ4v) is 2.08. The summed E-state index contributed by atoms with van der Waals surface area (Å²) < 4.78 is 0. The summed E-state index contributed by atoms with van der Waals surface area (Å²) >= 11 is 0. The van der Waals surface area contributed by atoms with E-state index in [4.69, 9.17) is 5.73 Å². The van der Waals surface area contributed by atoms with Crippen molar-refractivity contribution >= 4 is 5.97 Å². The summed E-state index contributed by atoms with van der Waals surface area (Å²) in [6.07, 6.45) is 1.44. The zero-order valence-electron chi connectivity index (χ0n) is 7.81. The Labute approximate surface area is 82.5 Å². The molecule has 0 spiro atoms. The Morgan fingerprint density at radius 2 is 2.07 bits per heavy atom. The number of benzene rings is 1. The van der Waals surface area contributed by atoms with Gasteiger partial charge in [0.15, 0.2) is 0 Å². The molecule has 3 heteroatoms. The predicted octanol–water partition coefficient (Wildman–Crippen LogP) is 1.13. The first-order chi connectivity index (χ1) is 6.68. The van der Waals surface area contributed by atoms with Crippen LogP contribution in [0.2, 0.25) is 0 Å². The van der Waals surface area contributed by atoms with Crippen LogP contribution in [0.15, 0.2) is 30.3 Å². The minimum absolute atomic E-state index is 0.248. The van der Waals surface area contributed by atoms with Gasteiger partial charge < -0.3 is 10.8 Å². The average Bonchev–Trinajstić information content (AvgIpc) is 2.17. The molecule has 0 saturated heterocycles. The van der Waals surface area contributed by atoms with Gasteiger partial charge >= 0.3 is 5.97 Å². The number of rotatable bonds is 2. The molecule has 3 N–H and O–H groups in total. The van der Waals surface area contributed by atoms with Crippen LogP contribution in [0.25, 0.3) is 0 Å². The van der Waals surface area contributed by atoms with Crippen LogP contribution in [0.3, 0.4) is 0 Å². The number of hydrogen-bond acceptors (Lipinski definition) is 2. The topological polar surface area (TPSA) is 63.3 Å². The van der Waals surface area contributed by atoms with E-state index in [1.54, 1.807) is 0 Å². The van der Waals surface area contributed by atoms with Crippen LogP contribution in [-0.2, 0) is 10.2 Å². The minimum atomic E-state index is -0.832. The second kappa shape index (κ2) is 3.10. The molecule has 0 amide bonds. The third kappa shape index (κ3) is 1.06. The van der Waals surface area contributed by atoms with Gasteiger partial charge in [0, 0.05) is 6.04 Å². The standard InChI is InChI=1S/C11H13NO2/c12-9-6-7-11(9,10(13)14)8-4-2-1-3-5-8/h1-5,9H,6-7,12H2,(H,13,14)/t9-,11-/m0/s1. The molecule has 0 aliphatic heterocycles. The zero-order valence-corrected chi connectivity index (χ0v) is 7.81. The Morgan fingerprint density at radius 3 is 2.43 bits per heavy atom. The zero-order chi connectivity index (χ0) is 10.2. The molecular weight excluding hydrogens is 178 g/mol. The third-order valence-electron chi connectivity index (χ3n) is 3.15. The quantitative estimate of drug-likeness (QED) is 0.736. The lowest BCUT2D eigenvalue weighted by atomic mass is 9.61. The molecule has 14 heavy (non-hydrogen) atoms. The maximum atomic E-state index is 11.2. The van der Waals surface area contributed by atoms with Crippen molar-refractivity contribution in [3.63, 3.8) is 0 Å². The van der Waals surface area contributed by atoms with Crippen molar-refractivity contribution in [1.82, 2.24) is 0 Å². The molecule has 0 bridgehead atoms. The van der Waals surface area contributed by atoms with Crippen LogP contribution >= 0.6 is 0 Å². The van der Waals surface area contributed by atoms with Crippen LogP contribution in [0.1, 0.15) is 18.4 Å². The van der Waals surface area contributed by atoms with E-state index < -0.39 is 11.4 Å². The van der Waals surface area contributed by atoms with E-state index in [2.05, 4.69) is 0 Å². The van der Waals surface area contributed by atoms with Crippen LogP contribution in [0, 0.1) is 0 Å². The molecule has 0 aromatic heterocycles. The Bertz CT molecular complexity index is 350. The molecule has 0 heterocycles. The van der Waals surface area contributed by atoms with Gasteiger partial charge in [-0.05, 0) is 18.4 Å². The lowest BCUT2D eigenvalue weighted by Crippen LogP contribution is -2.59. The van der Waals surface area contributed by atoms with E-state index in [1.807, 2.05) is 30.3 Å². The maximum Gasteiger partial charge on any atom is 0.315 e. The maximum absolute atomic E-state index is 11.2. The summed E-state index contributed by atoms with van der Waals surface area (Å²) in [4.78, 5) is 11.2. The highest BCUT2D eigenvalue weighted by Gasteiger charge is 2.52. The Hall–Kier alpha value is -1.35. The number of carbonyl (C=O) groups is 1. The van der Waals surface area contributed by atoms with Crippen LogP contribution in [0.5, 0.6) is 0 Å². The summed E-state index contributed by atoms with van der Waals surface area (Å²) in [7, 11) is 0. The number of nitrogens with two attached hydrogens (primary N) is 1. The monoisotopic (exact) mass is 191 g/mol. The van der Waals surface area contributed by atoms with E-state index in [9.17, 15) is 9.90 Å². The van der Waals surface area contributed by atoms with Gasteiger partial charge in [-0.2, -0.15) is 0 Å². The van der Waals surface area contributed by atoms with Gasteiger partial charge in [0.05, 0.1) is 0 Å². The van der Waals surface area contributed by atoms with Gasteiger partial charge in [-0.15, -0.1) is 0 Å². The lowest BCUT2D eigenvalue weighted by molar-refractivity contribution is -0.148. The molecule has 2 rings (SSSR count). The van der Waals surface area contributed by atoms with Gasteiger partial charge in [-0.1, -0.05) is 30.3 Å². The molecule has 1 saturated carbocycles. The number of aliphatic carboxylic acids is 1. The fraction of sp³-hybridized carbons (Fsp3) is 0.364. The van der Waals surface area contributed by atoms with Crippen molar-refractivity contribution in [3.05, 3.63) is 35.9 Å². The third-order valence-corrected chi connectivity index (χ3v) is 3.15. The molecular formula is C11H13NO2. The Morgan fingerprint density at radius 1 is 1.43 bits per heavy atom. The summed E-state index contributed by atoms with van der Waals surface area (Å²) in [5, 5.41) is 9.23. The molecule has 3 nitrogen and oxygen atoms in total. The predicted molar refractivity (Wildman–Crippen MR) is 53.0 cm³/mol. The first-order valence-electron chi connectivity index (χ1n) is 4.72. The van der Waals surface area contributed by atoms with Crippen molar-refractivity contribution in [3.8, 4) is 0 Å². The molecule has 1 aliphatic carbocycles. The Balaban J connectivity index is 2.43. The summed E-state index contributed by atoms with van der Waals surface area (Å²) in [5.74, 6) is -0.803. The highest BCUT2D eigenvalue weighted by Crippen LogP contribution is 2.42. The molecule has 0 radical (unpaired) electrons. The minimum Gasteiger partial charge on any atom is -0.481 e. The average molecular weight is 191 g/mol. The van der Waals surface area contributed by atoms with Gasteiger partial charge in [-0.3, -0.25) is 4.79 Å². The van der Waals surface area contributed by atoms with Gasteiger partial charge in [0.2, 0.25) is 0 Å². The summed E-state index contributed by atoms with van der Waals surface area (Å²) in [5.41, 5.74) is 5.80. The fourth-order valence-electron chi connectivity index (χ4n) is 2.08. The van der Waals surface area contributed by atoms with Gasteiger partial charge in [-0.25, -0.2) is 0 Å². The second-order valence-electron chi connectivity index (χ2n) is 3.79. The molecule has 0 unspecified atom stereocenters. The van der Waals surface area contributed by atoms with E-state index >= 15 is 0 Å². The normalized spacial score (nSPS) is 30.8. The smallest absolute Gasteiger partial charge is 0.315 e. The first-order valence-corrected chi connectivity index (χ1v) is 4.72. The van der Waals surface area contributed by atoms with Crippen molar-refractivity contribution in [2.45, 2.75) is 24.3 Å².